The third-order valence-electron chi connectivity index (χ3n) is 3.15. The van der Waals surface area contributed by atoms with Crippen LogP contribution in [0, 0.1) is 5.41 Å². The van der Waals surface area contributed by atoms with Crippen molar-refractivity contribution in [1.29, 1.82) is 0 Å². The van der Waals surface area contributed by atoms with Crippen LogP contribution in [-0.2, 0) is 0 Å². The zero-order chi connectivity index (χ0) is 11.6. The number of aromatic nitrogens is 1. The van der Waals surface area contributed by atoms with Gasteiger partial charge in [0.1, 0.15) is 0 Å². The zero-order valence-electron chi connectivity index (χ0n) is 10.5. The van der Waals surface area contributed by atoms with Gasteiger partial charge in [0.2, 0.25) is 0 Å². The lowest BCUT2D eigenvalue weighted by molar-refractivity contribution is 0.418. The van der Waals surface area contributed by atoms with Crippen molar-refractivity contribution in [3.8, 4) is 0 Å². The second-order valence-electron chi connectivity index (χ2n) is 5.30. The highest BCUT2D eigenvalue weighted by Gasteiger charge is 2.29. The first-order valence-electron chi connectivity index (χ1n) is 6.04. The molecule has 2 heterocycles. The fraction of sp³-hybridized carbons (Fsp3) is 0.615. The lowest BCUT2D eigenvalue weighted by Crippen LogP contribution is -2.22. The molecular formula is C13H21N3. The minimum absolute atomic E-state index is 0.439. The van der Waals surface area contributed by atoms with Crippen molar-refractivity contribution < 1.29 is 0 Å². The Bertz CT molecular complexity index is 360. The second-order valence-corrected chi connectivity index (χ2v) is 5.30. The molecule has 1 aromatic rings. The van der Waals surface area contributed by atoms with E-state index in [0.29, 0.717) is 5.41 Å². The minimum atomic E-state index is 0.439. The van der Waals surface area contributed by atoms with Crippen LogP contribution in [-0.4, -0.2) is 24.6 Å². The van der Waals surface area contributed by atoms with E-state index in [1.54, 1.807) is 0 Å². The number of pyridine rings is 1. The molecule has 0 bridgehead atoms. The number of hydrogen-bond acceptors (Lipinski definition) is 3. The van der Waals surface area contributed by atoms with E-state index in [0.717, 1.165) is 25.3 Å². The molecule has 1 aliphatic heterocycles. The summed E-state index contributed by atoms with van der Waals surface area (Å²) in [7, 11) is 0. The summed E-state index contributed by atoms with van der Waals surface area (Å²) < 4.78 is 0. The Labute approximate surface area is 97.9 Å². The summed E-state index contributed by atoms with van der Waals surface area (Å²) >= 11 is 0. The molecule has 1 N–H and O–H groups in total. The van der Waals surface area contributed by atoms with Crippen LogP contribution in [0.4, 0.5) is 11.4 Å². The van der Waals surface area contributed by atoms with Crippen molar-refractivity contribution in [3.05, 3.63) is 18.5 Å². The summed E-state index contributed by atoms with van der Waals surface area (Å²) in [6.07, 6.45) is 5.11. The van der Waals surface area contributed by atoms with E-state index >= 15 is 0 Å². The number of hydrogen-bond donors (Lipinski definition) is 1. The van der Waals surface area contributed by atoms with Crippen LogP contribution in [0.25, 0.3) is 0 Å². The maximum atomic E-state index is 4.29. The van der Waals surface area contributed by atoms with E-state index in [1.807, 2.05) is 12.4 Å². The molecule has 0 aromatic carbocycles. The molecule has 0 unspecified atom stereocenters. The highest BCUT2D eigenvalue weighted by Crippen LogP contribution is 2.32. The van der Waals surface area contributed by atoms with Crippen molar-refractivity contribution in [2.45, 2.75) is 27.2 Å². The van der Waals surface area contributed by atoms with E-state index in [-0.39, 0.29) is 0 Å². The van der Waals surface area contributed by atoms with E-state index in [9.17, 15) is 0 Å². The molecule has 3 heteroatoms. The van der Waals surface area contributed by atoms with Crippen LogP contribution < -0.4 is 10.2 Å². The monoisotopic (exact) mass is 219 g/mol. The Kier molecular flexibility index (Phi) is 3.03. The van der Waals surface area contributed by atoms with Gasteiger partial charge in [-0.25, -0.2) is 0 Å². The first-order chi connectivity index (χ1) is 7.61. The Balaban J connectivity index is 2.12. The normalized spacial score (nSPS) is 18.8. The summed E-state index contributed by atoms with van der Waals surface area (Å²) in [5, 5.41) is 3.30. The molecule has 0 atom stereocenters. The smallest absolute Gasteiger partial charge is 0.0573 e. The van der Waals surface area contributed by atoms with Crippen molar-refractivity contribution in [3.63, 3.8) is 0 Å². The average molecular weight is 219 g/mol. The predicted octanol–water partition coefficient (Wildman–Crippen LogP) is 2.75. The quantitative estimate of drug-likeness (QED) is 0.847. The zero-order valence-corrected chi connectivity index (χ0v) is 10.5. The Morgan fingerprint density at radius 3 is 2.88 bits per heavy atom. The van der Waals surface area contributed by atoms with Gasteiger partial charge in [-0.05, 0) is 24.8 Å². The Hall–Kier alpha value is -1.25. The van der Waals surface area contributed by atoms with Crippen LogP contribution in [0.2, 0.25) is 0 Å². The maximum Gasteiger partial charge on any atom is 0.0573 e. The van der Waals surface area contributed by atoms with Gasteiger partial charge in [-0.15, -0.1) is 0 Å². The molecule has 3 nitrogen and oxygen atoms in total. The summed E-state index contributed by atoms with van der Waals surface area (Å²) in [6.45, 7) is 9.97. The van der Waals surface area contributed by atoms with Crippen molar-refractivity contribution >= 4 is 11.4 Å². The summed E-state index contributed by atoms with van der Waals surface area (Å²) in [6, 6.07) is 2.19. The predicted molar refractivity (Wildman–Crippen MR) is 69.0 cm³/mol. The summed E-state index contributed by atoms with van der Waals surface area (Å²) in [4.78, 5) is 6.72. The van der Waals surface area contributed by atoms with E-state index in [1.165, 1.54) is 12.1 Å². The highest BCUT2D eigenvalue weighted by molar-refractivity contribution is 5.56. The molecule has 1 aromatic heterocycles. The molecule has 1 fully saturated rings. The summed E-state index contributed by atoms with van der Waals surface area (Å²) in [5.74, 6) is 0. The number of anilines is 2. The molecule has 0 spiro atoms. The SMILES string of the molecule is CCNc1cncc(N2CCC(C)(C)C2)c1. The molecule has 88 valence electrons. The number of nitrogens with one attached hydrogen (secondary N) is 1. The topological polar surface area (TPSA) is 28.2 Å². The second kappa shape index (κ2) is 4.32. The first kappa shape index (κ1) is 11.2. The van der Waals surface area contributed by atoms with Crippen LogP contribution in [0.3, 0.4) is 0 Å². The first-order valence-corrected chi connectivity index (χ1v) is 6.04. The van der Waals surface area contributed by atoms with Gasteiger partial charge in [-0.3, -0.25) is 4.98 Å². The lowest BCUT2D eigenvalue weighted by atomic mass is 9.93. The van der Waals surface area contributed by atoms with Crippen molar-refractivity contribution in [1.82, 2.24) is 4.98 Å². The molecule has 16 heavy (non-hydrogen) atoms. The molecule has 1 saturated heterocycles. The van der Waals surface area contributed by atoms with Gasteiger partial charge in [0.15, 0.2) is 0 Å². The Morgan fingerprint density at radius 1 is 1.44 bits per heavy atom. The number of nitrogens with zero attached hydrogens (tertiary/aromatic N) is 2. The fourth-order valence-corrected chi connectivity index (χ4v) is 2.23. The third kappa shape index (κ3) is 2.46. The highest BCUT2D eigenvalue weighted by atomic mass is 15.2. The van der Waals surface area contributed by atoms with Gasteiger partial charge in [-0.1, -0.05) is 13.8 Å². The van der Waals surface area contributed by atoms with Gasteiger partial charge in [0.05, 0.1) is 23.8 Å². The maximum absolute atomic E-state index is 4.29. The van der Waals surface area contributed by atoms with Gasteiger partial charge >= 0.3 is 0 Å². The molecule has 2 rings (SSSR count). The van der Waals surface area contributed by atoms with Crippen LogP contribution in [0.15, 0.2) is 18.5 Å². The van der Waals surface area contributed by atoms with E-state index < -0.39 is 0 Å². The molecule has 0 radical (unpaired) electrons. The van der Waals surface area contributed by atoms with Crippen molar-refractivity contribution in [2.24, 2.45) is 5.41 Å². The van der Waals surface area contributed by atoms with E-state index in [2.05, 4.69) is 42.0 Å². The fourth-order valence-electron chi connectivity index (χ4n) is 2.23. The minimum Gasteiger partial charge on any atom is -0.384 e. The van der Waals surface area contributed by atoms with Crippen LogP contribution >= 0.6 is 0 Å². The van der Waals surface area contributed by atoms with Gasteiger partial charge in [0, 0.05) is 19.6 Å². The third-order valence-corrected chi connectivity index (χ3v) is 3.15. The van der Waals surface area contributed by atoms with Crippen LogP contribution in [0.5, 0.6) is 0 Å². The number of rotatable bonds is 3. The Morgan fingerprint density at radius 2 is 2.25 bits per heavy atom. The molecule has 0 saturated carbocycles. The van der Waals surface area contributed by atoms with Gasteiger partial charge in [-0.2, -0.15) is 0 Å². The molecule has 0 aliphatic carbocycles. The largest absolute Gasteiger partial charge is 0.384 e. The molecule has 0 amide bonds. The van der Waals surface area contributed by atoms with Gasteiger partial charge in [0.25, 0.3) is 0 Å². The van der Waals surface area contributed by atoms with Crippen molar-refractivity contribution in [2.75, 3.05) is 29.9 Å². The van der Waals surface area contributed by atoms with Crippen LogP contribution in [0.1, 0.15) is 27.2 Å². The van der Waals surface area contributed by atoms with Gasteiger partial charge < -0.3 is 10.2 Å². The average Bonchev–Trinajstić information content (AvgIpc) is 2.60. The standard InChI is InChI=1S/C13H21N3/c1-4-15-11-7-12(9-14-8-11)16-6-5-13(2,3)10-16/h7-9,15H,4-6,10H2,1-3H3. The lowest BCUT2D eigenvalue weighted by Gasteiger charge is -2.21. The summed E-state index contributed by atoms with van der Waals surface area (Å²) in [5.41, 5.74) is 2.79. The molecule has 1 aliphatic rings. The molecular weight excluding hydrogens is 198 g/mol. The van der Waals surface area contributed by atoms with E-state index in [4.69, 9.17) is 0 Å².